The van der Waals surface area contributed by atoms with Crippen molar-refractivity contribution in [1.82, 2.24) is 51.8 Å². The molecule has 3 aromatic heterocycles. The van der Waals surface area contributed by atoms with Crippen LogP contribution >= 0.6 is 22.9 Å². The fourth-order valence-electron chi connectivity index (χ4n) is 6.82. The molecule has 0 aliphatic carbocycles. The summed E-state index contributed by atoms with van der Waals surface area (Å²) in [5, 5.41) is 29.7. The number of carbonyl (C=O) groups is 7. The molecule has 18 nitrogen and oxygen atoms in total. The van der Waals surface area contributed by atoms with Crippen LogP contribution in [0, 0.1) is 0 Å². The molecule has 6 atom stereocenters. The molecule has 0 spiro atoms. The van der Waals surface area contributed by atoms with Crippen molar-refractivity contribution in [2.75, 3.05) is 20.1 Å². The van der Waals surface area contributed by atoms with Crippen molar-refractivity contribution >= 4 is 86.1 Å². The normalized spacial score (nSPS) is 22.6. The lowest BCUT2D eigenvalue weighted by atomic mass is 10.0. The Kier molecular flexibility index (Phi) is 13.5. The first-order chi connectivity index (χ1) is 28.6. The summed E-state index contributed by atoms with van der Waals surface area (Å²) in [6.45, 7) is 3.20. The minimum Gasteiger partial charge on any atom is -0.391 e. The molecule has 5 aromatic rings. The predicted molar refractivity (Wildman–Crippen MR) is 223 cm³/mol. The third-order valence-corrected chi connectivity index (χ3v) is 11.4. The number of benzene rings is 2. The van der Waals surface area contributed by atoms with Crippen LogP contribution in [0.5, 0.6) is 0 Å². The van der Waals surface area contributed by atoms with Crippen LogP contribution in [-0.4, -0.2) is 117 Å². The number of aliphatic hydroxyl groups excluding tert-OH is 1. The fourth-order valence-corrected chi connectivity index (χ4v) is 7.92. The maximum atomic E-state index is 14.4. The van der Waals surface area contributed by atoms with Crippen molar-refractivity contribution < 1.29 is 38.7 Å². The number of halogens is 1. The number of fused-ring (bicyclic) bond motifs is 4. The summed E-state index contributed by atoms with van der Waals surface area (Å²) in [4.78, 5) is 106. The zero-order valence-corrected chi connectivity index (χ0v) is 34.6. The van der Waals surface area contributed by atoms with E-state index in [1.54, 1.807) is 37.5 Å². The molecule has 20 heteroatoms. The van der Waals surface area contributed by atoms with Gasteiger partial charge in [0.25, 0.3) is 5.91 Å². The minimum absolute atomic E-state index is 0.00278. The van der Waals surface area contributed by atoms with Crippen LogP contribution in [0.25, 0.3) is 21.8 Å². The zero-order chi connectivity index (χ0) is 43.2. The molecule has 0 fully saturated rings. The summed E-state index contributed by atoms with van der Waals surface area (Å²) >= 11 is 7.65. The van der Waals surface area contributed by atoms with E-state index in [1.165, 1.54) is 26.3 Å². The van der Waals surface area contributed by atoms with Crippen LogP contribution in [0.2, 0.25) is 5.02 Å². The fraction of sp³-hybridized carbons (Fsp3) is 0.350. The van der Waals surface area contributed by atoms with Gasteiger partial charge in [0, 0.05) is 59.5 Å². The first-order valence-electron chi connectivity index (χ1n) is 19.1. The smallest absolute Gasteiger partial charge is 0.271 e. The number of aliphatic hydroxyl groups is 1. The third kappa shape index (κ3) is 10.1. The zero-order valence-electron chi connectivity index (χ0n) is 33.1. The minimum atomic E-state index is -1.47. The summed E-state index contributed by atoms with van der Waals surface area (Å²) in [5.41, 5.74) is 2.75. The van der Waals surface area contributed by atoms with Gasteiger partial charge in [-0.2, -0.15) is 0 Å². The molecular formula is C40H45ClN10O8S. The van der Waals surface area contributed by atoms with Crippen LogP contribution in [0.4, 0.5) is 0 Å². The summed E-state index contributed by atoms with van der Waals surface area (Å²) in [7, 11) is 1.32. The summed E-state index contributed by atoms with van der Waals surface area (Å²) < 4.78 is 0. The molecular weight excluding hydrogens is 816 g/mol. The molecule has 1 aliphatic rings. The van der Waals surface area contributed by atoms with Gasteiger partial charge in [0.2, 0.25) is 35.4 Å². The van der Waals surface area contributed by atoms with E-state index >= 15 is 0 Å². The standard InChI is InChI=1S/C40H45ClN10O8S/c1-19-35(55)50-34(21(3)52)40(59)51(4)17-32(54)46-20(2)39-49-30(18-60-39)38(58)48-29(12-22-14-42-26-10-6-5-8-24(22)26)37(57)47-28(36(56)44-16-31(53)45-19)13-23-15-43-27-11-7-9-25(41)33(23)27/h5-11,14-15,18-21,28-29,34,42-43,52H,12-13,16-17H2,1-4H3,(H,44,56)(H,45,53)(H,46,54)(H,47,57)(H,48,58)(H,50,55)/t19-,20-,21-,28+,29+,34+/m1/s1. The molecule has 0 radical (unpaired) electrons. The van der Waals surface area contributed by atoms with Gasteiger partial charge in [-0.25, -0.2) is 4.98 Å². The molecule has 1 aliphatic heterocycles. The maximum Gasteiger partial charge on any atom is 0.271 e. The van der Waals surface area contributed by atoms with Gasteiger partial charge in [0.05, 0.1) is 30.3 Å². The Labute approximate surface area is 352 Å². The number of likely N-dealkylation sites (N-methyl/N-ethyl adjacent to an activating group) is 1. The third-order valence-electron chi connectivity index (χ3n) is 10.0. The van der Waals surface area contributed by atoms with Gasteiger partial charge < -0.3 is 51.9 Å². The van der Waals surface area contributed by atoms with Crippen molar-refractivity contribution in [3.8, 4) is 0 Å². The van der Waals surface area contributed by atoms with Crippen LogP contribution in [-0.2, 0) is 41.6 Å². The molecule has 0 unspecified atom stereocenters. The first kappa shape index (κ1) is 43.3. The predicted octanol–water partition coefficient (Wildman–Crippen LogP) is 0.963. The highest BCUT2D eigenvalue weighted by atomic mass is 35.5. The number of aromatic amines is 2. The van der Waals surface area contributed by atoms with E-state index in [0.717, 1.165) is 27.1 Å². The van der Waals surface area contributed by atoms with E-state index < -0.39 is 90.8 Å². The van der Waals surface area contributed by atoms with Gasteiger partial charge >= 0.3 is 0 Å². The van der Waals surface area contributed by atoms with Crippen LogP contribution < -0.4 is 31.9 Å². The number of nitrogens with one attached hydrogen (secondary N) is 8. The first-order valence-corrected chi connectivity index (χ1v) is 20.3. The molecule has 4 heterocycles. The monoisotopic (exact) mass is 860 g/mol. The molecule has 9 N–H and O–H groups in total. The second kappa shape index (κ2) is 18.7. The highest BCUT2D eigenvalue weighted by Crippen LogP contribution is 2.28. The lowest BCUT2D eigenvalue weighted by Gasteiger charge is -2.27. The van der Waals surface area contributed by atoms with Crippen molar-refractivity contribution in [3.63, 3.8) is 0 Å². The molecule has 316 valence electrons. The van der Waals surface area contributed by atoms with Crippen molar-refractivity contribution in [2.24, 2.45) is 0 Å². The number of amides is 7. The van der Waals surface area contributed by atoms with E-state index in [9.17, 15) is 38.7 Å². The van der Waals surface area contributed by atoms with E-state index in [1.807, 2.05) is 24.3 Å². The van der Waals surface area contributed by atoms with Crippen molar-refractivity contribution in [2.45, 2.75) is 69.9 Å². The molecule has 6 rings (SSSR count). The number of thiazole rings is 1. The van der Waals surface area contributed by atoms with Crippen LogP contribution in [0.1, 0.15) is 53.4 Å². The molecule has 2 aromatic carbocycles. The second-order valence-electron chi connectivity index (χ2n) is 14.6. The average Bonchev–Trinajstić information content (AvgIpc) is 3.97. The number of hydrogen-bond acceptors (Lipinski definition) is 10. The highest BCUT2D eigenvalue weighted by molar-refractivity contribution is 7.09. The Morgan fingerprint density at radius 3 is 2.23 bits per heavy atom. The molecule has 7 amide bonds. The van der Waals surface area contributed by atoms with Gasteiger partial charge in [-0.05, 0) is 50.1 Å². The lowest BCUT2D eigenvalue weighted by molar-refractivity contribution is -0.141. The van der Waals surface area contributed by atoms with Crippen LogP contribution in [0.15, 0.2) is 60.2 Å². The van der Waals surface area contributed by atoms with E-state index in [4.69, 9.17) is 11.6 Å². The van der Waals surface area contributed by atoms with Crippen molar-refractivity contribution in [3.05, 3.63) is 87.1 Å². The van der Waals surface area contributed by atoms with Gasteiger partial charge in [-0.1, -0.05) is 35.9 Å². The second-order valence-corrected chi connectivity index (χ2v) is 15.9. The summed E-state index contributed by atoms with van der Waals surface area (Å²) in [6, 6.07) is 6.71. The number of rotatable bonds is 5. The summed E-state index contributed by atoms with van der Waals surface area (Å²) in [5.74, 6) is -5.14. The SMILES string of the molecule is C[C@H]1NC(=O)CNC(=O)[C@H](Cc2c[nH]c3cccc(Cl)c23)NC(=O)[C@H](Cc2c[nH]c3ccccc23)NC(=O)c2csc(n2)[C@@H](C)NC(=O)CN(C)C(=O)[C@H]([C@@H](C)O)NC1=O. The number of para-hydroxylation sites is 1. The van der Waals surface area contributed by atoms with Gasteiger partial charge in [-0.3, -0.25) is 33.6 Å². The topological polar surface area (TPSA) is 260 Å². The Morgan fingerprint density at radius 2 is 1.47 bits per heavy atom. The highest BCUT2D eigenvalue weighted by Gasteiger charge is 2.33. The molecule has 0 saturated heterocycles. The Balaban J connectivity index is 1.34. The largest absolute Gasteiger partial charge is 0.391 e. The van der Waals surface area contributed by atoms with Gasteiger partial charge in [0.1, 0.15) is 34.9 Å². The van der Waals surface area contributed by atoms with E-state index in [0.29, 0.717) is 32.1 Å². The Hall–Kier alpha value is -6.31. The average molecular weight is 861 g/mol. The van der Waals surface area contributed by atoms with Gasteiger partial charge in [-0.15, -0.1) is 11.3 Å². The number of nitrogens with zero attached hydrogens (tertiary/aromatic N) is 2. The number of aromatic nitrogens is 3. The Morgan fingerprint density at radius 1 is 0.800 bits per heavy atom. The molecule has 2 bridgehead atoms. The van der Waals surface area contributed by atoms with Crippen LogP contribution in [0.3, 0.4) is 0 Å². The van der Waals surface area contributed by atoms with Gasteiger partial charge in [0.15, 0.2) is 0 Å². The maximum absolute atomic E-state index is 14.4. The van der Waals surface area contributed by atoms with E-state index in [-0.39, 0.29) is 18.5 Å². The quantitative estimate of drug-likeness (QED) is 0.122. The lowest BCUT2D eigenvalue weighted by Crippen LogP contribution is -2.58. The number of hydrogen-bond donors (Lipinski definition) is 9. The number of H-pyrrole nitrogens is 2. The number of carbonyl (C=O) groups excluding carboxylic acids is 7. The molecule has 60 heavy (non-hydrogen) atoms. The summed E-state index contributed by atoms with van der Waals surface area (Å²) in [6.07, 6.45) is 1.93. The van der Waals surface area contributed by atoms with E-state index in [2.05, 4.69) is 46.9 Å². The molecule has 0 saturated carbocycles. The Bertz CT molecular complexity index is 2450. The van der Waals surface area contributed by atoms with Crippen molar-refractivity contribution in [1.29, 1.82) is 0 Å².